The van der Waals surface area contributed by atoms with Gasteiger partial charge in [-0.25, -0.2) is 4.68 Å². The van der Waals surface area contributed by atoms with Crippen molar-refractivity contribution in [2.75, 3.05) is 7.11 Å². The third-order valence-electron chi connectivity index (χ3n) is 3.38. The lowest BCUT2D eigenvalue weighted by molar-refractivity contribution is 0.337. The molecule has 3 N–H and O–H groups in total. The molecule has 1 aliphatic rings. The van der Waals surface area contributed by atoms with Gasteiger partial charge in [-0.15, -0.1) is 0 Å². The summed E-state index contributed by atoms with van der Waals surface area (Å²) in [7, 11) is 3.55. The first-order valence-corrected chi connectivity index (χ1v) is 6.25. The highest BCUT2D eigenvalue weighted by molar-refractivity contribution is 5.15. The second kappa shape index (κ2) is 5.51. The molecular weight excluding hydrogens is 216 g/mol. The van der Waals surface area contributed by atoms with E-state index in [4.69, 9.17) is 10.5 Å². The van der Waals surface area contributed by atoms with Crippen molar-refractivity contribution in [1.82, 2.24) is 15.1 Å². The number of rotatable bonds is 4. The van der Waals surface area contributed by atoms with Gasteiger partial charge in [-0.1, -0.05) is 6.42 Å². The first-order chi connectivity index (χ1) is 8.19. The molecule has 2 rings (SSSR count). The molecule has 0 bridgehead atoms. The molecule has 96 valence electrons. The number of ether oxygens (including phenoxy) is 1. The van der Waals surface area contributed by atoms with Crippen molar-refractivity contribution in [2.24, 2.45) is 12.8 Å². The van der Waals surface area contributed by atoms with Gasteiger partial charge in [0.25, 0.3) is 0 Å². The summed E-state index contributed by atoms with van der Waals surface area (Å²) in [5.74, 6) is 0.794. The Morgan fingerprint density at radius 3 is 3.06 bits per heavy atom. The second-order valence-corrected chi connectivity index (χ2v) is 4.81. The predicted octanol–water partition coefficient (Wildman–Crippen LogP) is 0.788. The van der Waals surface area contributed by atoms with Gasteiger partial charge in [-0.2, -0.15) is 5.10 Å². The van der Waals surface area contributed by atoms with Gasteiger partial charge in [0, 0.05) is 31.7 Å². The molecule has 1 fully saturated rings. The van der Waals surface area contributed by atoms with Gasteiger partial charge in [0.1, 0.15) is 0 Å². The molecule has 0 spiro atoms. The maximum Gasteiger partial charge on any atom is 0.211 e. The molecule has 1 aromatic heterocycles. The number of aryl methyl sites for hydroxylation is 1. The van der Waals surface area contributed by atoms with Crippen LogP contribution >= 0.6 is 0 Å². The molecule has 0 aromatic carbocycles. The van der Waals surface area contributed by atoms with Gasteiger partial charge in [0.05, 0.1) is 12.8 Å². The maximum atomic E-state index is 5.96. The molecule has 2 atom stereocenters. The molecule has 1 aromatic rings. The molecular formula is C12H22N4O. The zero-order valence-electron chi connectivity index (χ0n) is 10.6. The number of aromatic nitrogens is 2. The van der Waals surface area contributed by atoms with Crippen LogP contribution < -0.4 is 15.8 Å². The highest BCUT2D eigenvalue weighted by atomic mass is 16.5. The van der Waals surface area contributed by atoms with E-state index < -0.39 is 0 Å². The molecule has 5 heteroatoms. The summed E-state index contributed by atoms with van der Waals surface area (Å²) < 4.78 is 6.94. The van der Waals surface area contributed by atoms with Crippen LogP contribution in [0.2, 0.25) is 0 Å². The monoisotopic (exact) mass is 238 g/mol. The Bertz CT molecular complexity index is 363. The van der Waals surface area contributed by atoms with Crippen LogP contribution in [0.4, 0.5) is 0 Å². The average molecular weight is 238 g/mol. The molecule has 0 radical (unpaired) electrons. The van der Waals surface area contributed by atoms with E-state index in [1.54, 1.807) is 11.8 Å². The minimum atomic E-state index is 0.361. The van der Waals surface area contributed by atoms with Gasteiger partial charge in [0.15, 0.2) is 0 Å². The van der Waals surface area contributed by atoms with Gasteiger partial charge in [0.2, 0.25) is 5.88 Å². The number of hydrogen-bond acceptors (Lipinski definition) is 4. The minimum Gasteiger partial charge on any atom is -0.481 e. The summed E-state index contributed by atoms with van der Waals surface area (Å²) >= 11 is 0. The summed E-state index contributed by atoms with van der Waals surface area (Å²) in [5.41, 5.74) is 6.98. The Balaban J connectivity index is 1.84. The van der Waals surface area contributed by atoms with Crippen LogP contribution in [-0.4, -0.2) is 29.0 Å². The first kappa shape index (κ1) is 12.4. The fourth-order valence-electron chi connectivity index (χ4n) is 2.45. The van der Waals surface area contributed by atoms with Crippen LogP contribution in [0, 0.1) is 0 Å². The van der Waals surface area contributed by atoms with Gasteiger partial charge >= 0.3 is 0 Å². The molecule has 5 nitrogen and oxygen atoms in total. The fraction of sp³-hybridized carbons (Fsp3) is 0.750. The van der Waals surface area contributed by atoms with Crippen LogP contribution in [0.5, 0.6) is 5.88 Å². The van der Waals surface area contributed by atoms with Crippen molar-refractivity contribution in [3.05, 3.63) is 11.8 Å². The van der Waals surface area contributed by atoms with Crippen LogP contribution in [0.3, 0.4) is 0 Å². The molecule has 0 aliphatic heterocycles. The van der Waals surface area contributed by atoms with Crippen LogP contribution in [0.1, 0.15) is 31.4 Å². The van der Waals surface area contributed by atoms with E-state index in [1.807, 2.05) is 13.1 Å². The van der Waals surface area contributed by atoms with Crippen molar-refractivity contribution in [2.45, 2.75) is 44.3 Å². The van der Waals surface area contributed by atoms with Crippen molar-refractivity contribution in [3.8, 4) is 5.88 Å². The lowest BCUT2D eigenvalue weighted by Gasteiger charge is -2.27. The van der Waals surface area contributed by atoms with Crippen LogP contribution in [-0.2, 0) is 13.6 Å². The van der Waals surface area contributed by atoms with Gasteiger partial charge in [-0.3, -0.25) is 0 Å². The third-order valence-corrected chi connectivity index (χ3v) is 3.38. The third kappa shape index (κ3) is 3.20. The Labute approximate surface area is 102 Å². The van der Waals surface area contributed by atoms with E-state index in [-0.39, 0.29) is 0 Å². The van der Waals surface area contributed by atoms with Crippen molar-refractivity contribution >= 4 is 0 Å². The normalized spacial score (nSPS) is 24.9. The number of methoxy groups -OCH3 is 1. The zero-order valence-corrected chi connectivity index (χ0v) is 10.6. The summed E-state index contributed by atoms with van der Waals surface area (Å²) in [5, 5.41) is 7.90. The molecule has 0 amide bonds. The first-order valence-electron chi connectivity index (χ1n) is 6.25. The topological polar surface area (TPSA) is 65.1 Å². The fourth-order valence-corrected chi connectivity index (χ4v) is 2.45. The quantitative estimate of drug-likeness (QED) is 0.814. The van der Waals surface area contributed by atoms with E-state index in [0.29, 0.717) is 12.1 Å². The highest BCUT2D eigenvalue weighted by Gasteiger charge is 2.18. The summed E-state index contributed by atoms with van der Waals surface area (Å²) in [6.07, 6.45) is 4.68. The van der Waals surface area contributed by atoms with E-state index >= 15 is 0 Å². The Morgan fingerprint density at radius 1 is 1.59 bits per heavy atom. The van der Waals surface area contributed by atoms with Crippen molar-refractivity contribution < 1.29 is 4.74 Å². The Kier molecular flexibility index (Phi) is 4.02. The van der Waals surface area contributed by atoms with E-state index in [0.717, 1.165) is 31.0 Å². The second-order valence-electron chi connectivity index (χ2n) is 4.81. The zero-order chi connectivity index (χ0) is 12.3. The average Bonchev–Trinajstić information content (AvgIpc) is 2.67. The smallest absolute Gasteiger partial charge is 0.211 e. The summed E-state index contributed by atoms with van der Waals surface area (Å²) in [6.45, 7) is 0.786. The Hall–Kier alpha value is -1.07. The lowest BCUT2D eigenvalue weighted by atomic mass is 9.91. The number of nitrogens with zero attached hydrogens (tertiary/aromatic N) is 2. The van der Waals surface area contributed by atoms with E-state index in [9.17, 15) is 0 Å². The number of nitrogens with one attached hydrogen (secondary N) is 1. The SMILES string of the molecule is COc1cc(CNC2CCCC(N)C2)nn1C. The van der Waals surface area contributed by atoms with Crippen molar-refractivity contribution in [1.29, 1.82) is 0 Å². The van der Waals surface area contributed by atoms with Crippen LogP contribution in [0.15, 0.2) is 6.07 Å². The van der Waals surface area contributed by atoms with Crippen LogP contribution in [0.25, 0.3) is 0 Å². The number of nitrogens with two attached hydrogens (primary N) is 1. The molecule has 1 aliphatic carbocycles. The van der Waals surface area contributed by atoms with E-state index in [2.05, 4.69) is 10.4 Å². The number of hydrogen-bond donors (Lipinski definition) is 2. The molecule has 1 heterocycles. The lowest BCUT2D eigenvalue weighted by Crippen LogP contribution is -2.39. The molecule has 1 saturated carbocycles. The minimum absolute atomic E-state index is 0.361. The largest absolute Gasteiger partial charge is 0.481 e. The molecule has 0 saturated heterocycles. The van der Waals surface area contributed by atoms with Crippen molar-refractivity contribution in [3.63, 3.8) is 0 Å². The summed E-state index contributed by atoms with van der Waals surface area (Å²) in [4.78, 5) is 0. The van der Waals surface area contributed by atoms with E-state index in [1.165, 1.54) is 12.8 Å². The molecule has 2 unspecified atom stereocenters. The summed E-state index contributed by atoms with van der Waals surface area (Å²) in [6, 6.07) is 2.86. The van der Waals surface area contributed by atoms with Gasteiger partial charge in [-0.05, 0) is 19.3 Å². The maximum absolute atomic E-state index is 5.96. The Morgan fingerprint density at radius 2 is 2.41 bits per heavy atom. The predicted molar refractivity (Wildman–Crippen MR) is 66.8 cm³/mol. The van der Waals surface area contributed by atoms with Gasteiger partial charge < -0.3 is 15.8 Å². The highest BCUT2D eigenvalue weighted by Crippen LogP contribution is 2.18. The standard InChI is InChI=1S/C12H22N4O/c1-16-12(17-2)7-11(15-16)8-14-10-5-3-4-9(13)6-10/h7,9-10,14H,3-6,8,13H2,1-2H3. The molecule has 17 heavy (non-hydrogen) atoms.